The summed E-state index contributed by atoms with van der Waals surface area (Å²) in [6, 6.07) is 9.66. The first-order chi connectivity index (χ1) is 22.2. The smallest absolute Gasteiger partial charge is 0.306 e. The fourth-order valence-corrected chi connectivity index (χ4v) is 8.82. The molecule has 5 aliphatic rings. The maximum absolute atomic E-state index is 11.3. The van der Waals surface area contributed by atoms with E-state index in [1.165, 1.54) is 5.57 Å². The molecule has 2 saturated heterocycles. The van der Waals surface area contributed by atoms with Crippen LogP contribution in [-0.2, 0) is 4.79 Å². The summed E-state index contributed by atoms with van der Waals surface area (Å²) in [4.78, 5) is 28.4. The van der Waals surface area contributed by atoms with Gasteiger partial charge in [0.15, 0.2) is 5.82 Å². The number of carbonyl (C=O) groups is 1. The van der Waals surface area contributed by atoms with Crippen LogP contribution in [-0.4, -0.2) is 86.6 Å². The fourth-order valence-electron chi connectivity index (χ4n) is 8.82. The molecule has 11 nitrogen and oxygen atoms in total. The summed E-state index contributed by atoms with van der Waals surface area (Å²) in [5.41, 5.74) is 11.3. The highest BCUT2D eigenvalue weighted by Crippen LogP contribution is 2.47. The molecule has 1 saturated carbocycles. The predicted octanol–water partition coefficient (Wildman–Crippen LogP) is 4.17. The van der Waals surface area contributed by atoms with Crippen molar-refractivity contribution in [1.29, 1.82) is 0 Å². The van der Waals surface area contributed by atoms with Gasteiger partial charge >= 0.3 is 5.97 Å². The van der Waals surface area contributed by atoms with Crippen molar-refractivity contribution in [3.63, 3.8) is 0 Å². The van der Waals surface area contributed by atoms with Crippen LogP contribution in [0.3, 0.4) is 0 Å². The molecule has 46 heavy (non-hydrogen) atoms. The van der Waals surface area contributed by atoms with Crippen LogP contribution in [0.1, 0.15) is 50.8 Å². The van der Waals surface area contributed by atoms with Gasteiger partial charge in [0.25, 0.3) is 0 Å². The summed E-state index contributed by atoms with van der Waals surface area (Å²) in [7, 11) is 0. The largest absolute Gasteiger partial charge is 0.507 e. The SMILES string of the molecule is CC1CN(c2cc(-c3ccccc3O)nnc2N)CC2C=C1C(c1ncc(N3CC4(C3)CN(C3CCC(C(=O)O)CC3)C4)cn1)C2. The number of hydrogen-bond acceptors (Lipinski definition) is 10. The molecular weight excluding hydrogens is 580 g/mol. The summed E-state index contributed by atoms with van der Waals surface area (Å²) in [6.45, 7) is 8.22. The van der Waals surface area contributed by atoms with Crippen molar-refractivity contribution in [1.82, 2.24) is 25.1 Å². The number of carboxylic acid groups (broad SMARTS) is 1. The molecule has 1 aromatic carbocycles. The minimum atomic E-state index is -0.629. The quantitative estimate of drug-likeness (QED) is 0.341. The molecule has 3 fully saturated rings. The Labute approximate surface area is 269 Å². The van der Waals surface area contributed by atoms with Crippen molar-refractivity contribution in [3.8, 4) is 17.0 Å². The Hall–Kier alpha value is -4.25. The van der Waals surface area contributed by atoms with Crippen LogP contribution in [0.25, 0.3) is 11.3 Å². The Bertz CT molecular complexity index is 1650. The van der Waals surface area contributed by atoms with Gasteiger partial charge in [0.2, 0.25) is 0 Å². The Balaban J connectivity index is 0.879. The van der Waals surface area contributed by atoms with E-state index in [1.54, 1.807) is 12.1 Å². The average Bonchev–Trinajstić information content (AvgIpc) is 3.37. The minimum Gasteiger partial charge on any atom is -0.507 e. The second kappa shape index (κ2) is 11.2. The topological polar surface area (TPSA) is 145 Å². The normalized spacial score (nSPS) is 28.7. The third-order valence-corrected chi connectivity index (χ3v) is 11.2. The highest BCUT2D eigenvalue weighted by atomic mass is 16.4. The molecule has 0 radical (unpaired) electrons. The molecule has 3 atom stereocenters. The zero-order valence-corrected chi connectivity index (χ0v) is 26.3. The third kappa shape index (κ3) is 5.14. The summed E-state index contributed by atoms with van der Waals surface area (Å²) in [5, 5.41) is 28.2. The Kier molecular flexibility index (Phi) is 7.12. The number of phenolic OH excluding ortho intramolecular Hbond substituents is 1. The molecular formula is C35H42N8O3. The Morgan fingerprint density at radius 2 is 1.72 bits per heavy atom. The summed E-state index contributed by atoms with van der Waals surface area (Å²) in [5.74, 6) is 1.57. The molecule has 3 aliphatic heterocycles. The van der Waals surface area contributed by atoms with Crippen LogP contribution < -0.4 is 15.5 Å². The van der Waals surface area contributed by atoms with E-state index < -0.39 is 5.97 Å². The van der Waals surface area contributed by atoms with Crippen LogP contribution >= 0.6 is 0 Å². The monoisotopic (exact) mass is 622 g/mol. The molecule has 3 unspecified atom stereocenters. The number of hydrogen-bond donors (Lipinski definition) is 3. The molecule has 2 aromatic heterocycles. The van der Waals surface area contributed by atoms with Crippen LogP contribution in [0.2, 0.25) is 0 Å². The number of para-hydroxylation sites is 1. The van der Waals surface area contributed by atoms with Gasteiger partial charge in [0.1, 0.15) is 11.6 Å². The summed E-state index contributed by atoms with van der Waals surface area (Å²) in [6.07, 6.45) is 11.1. The van der Waals surface area contributed by atoms with E-state index in [-0.39, 0.29) is 23.5 Å². The number of rotatable bonds is 6. The first-order valence-electron chi connectivity index (χ1n) is 16.7. The van der Waals surface area contributed by atoms with Crippen LogP contribution in [0.5, 0.6) is 5.75 Å². The first kappa shape index (κ1) is 29.2. The van der Waals surface area contributed by atoms with Gasteiger partial charge in [-0.3, -0.25) is 9.69 Å². The van der Waals surface area contributed by atoms with E-state index in [1.807, 2.05) is 30.6 Å². The third-order valence-electron chi connectivity index (χ3n) is 11.2. The zero-order chi connectivity index (χ0) is 31.6. The van der Waals surface area contributed by atoms with Crippen molar-refractivity contribution in [3.05, 3.63) is 60.2 Å². The lowest BCUT2D eigenvalue weighted by Crippen LogP contribution is -2.73. The number of benzene rings is 1. The van der Waals surface area contributed by atoms with Crippen molar-refractivity contribution in [2.24, 2.45) is 23.2 Å². The number of phenols is 1. The molecule has 1 spiro atoms. The van der Waals surface area contributed by atoms with Gasteiger partial charge in [-0.25, -0.2) is 9.97 Å². The molecule has 5 heterocycles. The number of aromatic nitrogens is 4. The van der Waals surface area contributed by atoms with E-state index >= 15 is 0 Å². The number of aromatic hydroxyl groups is 1. The maximum atomic E-state index is 11.3. The molecule has 4 N–H and O–H groups in total. The van der Waals surface area contributed by atoms with E-state index in [9.17, 15) is 15.0 Å². The Morgan fingerprint density at radius 3 is 2.43 bits per heavy atom. The van der Waals surface area contributed by atoms with E-state index in [4.69, 9.17) is 15.7 Å². The van der Waals surface area contributed by atoms with Gasteiger partial charge in [-0.1, -0.05) is 30.7 Å². The number of likely N-dealkylation sites (tertiary alicyclic amines) is 1. The van der Waals surface area contributed by atoms with Crippen molar-refractivity contribution >= 4 is 23.2 Å². The van der Waals surface area contributed by atoms with Gasteiger partial charge in [0, 0.05) is 62.2 Å². The van der Waals surface area contributed by atoms with Gasteiger partial charge in [-0.2, -0.15) is 0 Å². The molecule has 8 rings (SSSR count). The lowest BCUT2D eigenvalue weighted by atomic mass is 9.70. The van der Waals surface area contributed by atoms with Gasteiger partial charge in [-0.05, 0) is 62.1 Å². The van der Waals surface area contributed by atoms with Crippen LogP contribution in [0.15, 0.2) is 54.4 Å². The van der Waals surface area contributed by atoms with Crippen molar-refractivity contribution < 1.29 is 15.0 Å². The number of nitrogen functional groups attached to an aromatic ring is 1. The maximum Gasteiger partial charge on any atom is 0.306 e. The van der Waals surface area contributed by atoms with E-state index in [0.717, 1.165) is 88.6 Å². The number of anilines is 3. The standard InChI is InChI=1S/C35H42N8O3/c1-21-15-41(30-12-29(39-40-32(30)36)26-4-2-3-5-31(26)44)16-22-10-27(21)28(11-22)33-37-13-25(14-38-33)43-19-35(20-43)17-42(18-35)24-8-6-23(7-9-24)34(45)46/h2-5,10,12-14,21-24,28,44H,6-9,11,15-20H2,1H3,(H2,36,40)(H,45,46). The molecule has 2 bridgehead atoms. The first-order valence-corrected chi connectivity index (χ1v) is 16.7. The lowest BCUT2D eigenvalue weighted by Gasteiger charge is -2.63. The highest BCUT2D eigenvalue weighted by Gasteiger charge is 2.53. The van der Waals surface area contributed by atoms with E-state index in [0.29, 0.717) is 34.4 Å². The summed E-state index contributed by atoms with van der Waals surface area (Å²) < 4.78 is 0. The van der Waals surface area contributed by atoms with E-state index in [2.05, 4.69) is 37.9 Å². The van der Waals surface area contributed by atoms with Crippen LogP contribution in [0.4, 0.5) is 17.2 Å². The van der Waals surface area contributed by atoms with Crippen LogP contribution in [0, 0.1) is 23.2 Å². The Morgan fingerprint density at radius 1 is 0.978 bits per heavy atom. The molecule has 3 aromatic rings. The zero-order valence-electron chi connectivity index (χ0n) is 26.3. The predicted molar refractivity (Wildman–Crippen MR) is 175 cm³/mol. The minimum absolute atomic E-state index is 0.148. The highest BCUT2D eigenvalue weighted by molar-refractivity contribution is 5.74. The average molecular weight is 623 g/mol. The number of nitrogens with zero attached hydrogens (tertiary/aromatic N) is 7. The number of fused-ring (bicyclic) bond motifs is 1. The second-order valence-corrected chi connectivity index (χ2v) is 14.4. The molecule has 0 amide bonds. The molecule has 240 valence electrons. The lowest BCUT2D eigenvalue weighted by molar-refractivity contribution is -0.144. The second-order valence-electron chi connectivity index (χ2n) is 14.4. The number of carboxylic acids is 1. The number of nitrogens with two attached hydrogens (primary N) is 1. The van der Waals surface area contributed by atoms with Gasteiger partial charge < -0.3 is 25.7 Å². The fraction of sp³-hybridized carbons (Fsp3) is 0.514. The summed E-state index contributed by atoms with van der Waals surface area (Å²) >= 11 is 0. The molecule has 11 heteroatoms. The van der Waals surface area contributed by atoms with Crippen molar-refractivity contribution in [2.45, 2.75) is 51.0 Å². The van der Waals surface area contributed by atoms with Gasteiger partial charge in [-0.15, -0.1) is 10.2 Å². The number of aliphatic carboxylic acids is 1. The van der Waals surface area contributed by atoms with Gasteiger partial charge in [0.05, 0.1) is 35.4 Å². The molecule has 2 aliphatic carbocycles. The van der Waals surface area contributed by atoms with Crippen molar-refractivity contribution in [2.75, 3.05) is 54.8 Å².